The van der Waals surface area contributed by atoms with Gasteiger partial charge in [0.25, 0.3) is 5.91 Å². The number of rotatable bonds is 3. The lowest BCUT2D eigenvalue weighted by Crippen LogP contribution is -2.46. The number of fused-ring (bicyclic) bond motifs is 1. The number of hydrogen-bond acceptors (Lipinski definition) is 4. The Morgan fingerprint density at radius 1 is 1.00 bits per heavy atom. The number of piperazine rings is 1. The van der Waals surface area contributed by atoms with Crippen molar-refractivity contribution in [3.05, 3.63) is 58.7 Å². The summed E-state index contributed by atoms with van der Waals surface area (Å²) in [5.41, 5.74) is -2.18. The summed E-state index contributed by atoms with van der Waals surface area (Å²) in [6.45, 7) is 3.37. The van der Waals surface area contributed by atoms with Crippen molar-refractivity contribution in [3.8, 4) is 5.75 Å². The molecule has 4 rings (SSSR count). The van der Waals surface area contributed by atoms with E-state index in [-0.39, 0.29) is 12.7 Å². The number of hydrogen-bond donors (Lipinski definition) is 1. The first-order valence-electron chi connectivity index (χ1n) is 10.7. The van der Waals surface area contributed by atoms with Crippen LogP contribution in [0.15, 0.2) is 36.4 Å². The van der Waals surface area contributed by atoms with Gasteiger partial charge in [-0.2, -0.15) is 26.3 Å². The molecule has 1 fully saturated rings. The van der Waals surface area contributed by atoms with E-state index in [4.69, 9.17) is 4.74 Å². The summed E-state index contributed by atoms with van der Waals surface area (Å²) < 4.78 is 84.9. The van der Waals surface area contributed by atoms with E-state index in [2.05, 4.69) is 15.1 Å². The van der Waals surface area contributed by atoms with Gasteiger partial charge >= 0.3 is 12.4 Å². The number of nitrogens with zero attached hydrogens (tertiary/aromatic N) is 2. The van der Waals surface area contributed by atoms with E-state index < -0.39 is 41.0 Å². The second-order valence-corrected chi connectivity index (χ2v) is 8.49. The normalized spacial score (nSPS) is 19.4. The van der Waals surface area contributed by atoms with Crippen LogP contribution in [0, 0.1) is 0 Å². The van der Waals surface area contributed by atoms with E-state index in [0.29, 0.717) is 24.3 Å². The maximum absolute atomic E-state index is 13.5. The standard InChI is InChI=1S/C23H23F6N3O2/c1-31-7-9-32(10-8-31)19-3-2-4-20-17(19)12-15(13-34-20)30-21(33)16-6-5-14(22(24,25)26)11-18(16)23(27,28)29/h2-6,11,15H,7-10,12-13H2,1H3,(H,30,33). The smallest absolute Gasteiger partial charge is 0.417 e. The van der Waals surface area contributed by atoms with Crippen molar-refractivity contribution in [1.82, 2.24) is 10.2 Å². The highest BCUT2D eigenvalue weighted by atomic mass is 19.4. The largest absolute Gasteiger partial charge is 0.491 e. The zero-order valence-electron chi connectivity index (χ0n) is 18.3. The number of halogens is 6. The zero-order chi connectivity index (χ0) is 24.7. The van der Waals surface area contributed by atoms with Crippen LogP contribution in [0.3, 0.4) is 0 Å². The zero-order valence-corrected chi connectivity index (χ0v) is 18.3. The average Bonchev–Trinajstić information content (AvgIpc) is 2.77. The molecule has 1 atom stereocenters. The molecule has 5 nitrogen and oxygen atoms in total. The predicted octanol–water partition coefficient (Wildman–Crippen LogP) is 4.21. The average molecular weight is 487 g/mol. The highest BCUT2D eigenvalue weighted by Gasteiger charge is 2.40. The van der Waals surface area contributed by atoms with Gasteiger partial charge in [0.15, 0.2) is 0 Å². The summed E-state index contributed by atoms with van der Waals surface area (Å²) in [5, 5.41) is 2.51. The van der Waals surface area contributed by atoms with Gasteiger partial charge in [-0.1, -0.05) is 6.07 Å². The lowest BCUT2D eigenvalue weighted by molar-refractivity contribution is -0.143. The van der Waals surface area contributed by atoms with Gasteiger partial charge in [-0.15, -0.1) is 0 Å². The third-order valence-corrected chi connectivity index (χ3v) is 6.07. The minimum atomic E-state index is -5.13. The Bertz CT molecular complexity index is 1060. The van der Waals surface area contributed by atoms with E-state index in [9.17, 15) is 31.1 Å². The van der Waals surface area contributed by atoms with Gasteiger partial charge in [-0.25, -0.2) is 0 Å². The molecule has 34 heavy (non-hydrogen) atoms. The number of carbonyl (C=O) groups excluding carboxylic acids is 1. The first kappa shape index (κ1) is 24.2. The second kappa shape index (κ2) is 9.01. The molecule has 1 unspecified atom stereocenters. The van der Waals surface area contributed by atoms with Gasteiger partial charge in [0.05, 0.1) is 22.7 Å². The number of amides is 1. The molecular formula is C23H23F6N3O2. The summed E-state index contributed by atoms with van der Waals surface area (Å²) in [7, 11) is 2.03. The van der Waals surface area contributed by atoms with Crippen LogP contribution in [0.25, 0.3) is 0 Å². The fourth-order valence-electron chi connectivity index (χ4n) is 4.24. The molecule has 2 aliphatic rings. The number of benzene rings is 2. The summed E-state index contributed by atoms with van der Waals surface area (Å²) in [5.74, 6) is -0.456. The molecule has 2 aliphatic heterocycles. The number of carbonyl (C=O) groups is 1. The summed E-state index contributed by atoms with van der Waals surface area (Å²) in [4.78, 5) is 17.1. The van der Waals surface area contributed by atoms with E-state index in [1.165, 1.54) is 0 Å². The summed E-state index contributed by atoms with van der Waals surface area (Å²) in [6.07, 6.45) is -9.76. The molecule has 0 aliphatic carbocycles. The Morgan fingerprint density at radius 2 is 1.71 bits per heavy atom. The maximum Gasteiger partial charge on any atom is 0.417 e. The molecule has 2 heterocycles. The van der Waals surface area contributed by atoms with Gasteiger partial charge in [-0.05, 0) is 37.4 Å². The fourth-order valence-corrected chi connectivity index (χ4v) is 4.24. The van der Waals surface area contributed by atoms with Crippen molar-refractivity contribution in [2.75, 3.05) is 44.7 Å². The molecule has 11 heteroatoms. The third kappa shape index (κ3) is 5.08. The van der Waals surface area contributed by atoms with Gasteiger partial charge in [0.1, 0.15) is 12.4 Å². The topological polar surface area (TPSA) is 44.8 Å². The number of alkyl halides is 6. The van der Waals surface area contributed by atoms with Crippen LogP contribution >= 0.6 is 0 Å². The van der Waals surface area contributed by atoms with Gasteiger partial charge in [-0.3, -0.25) is 4.79 Å². The Morgan fingerprint density at radius 3 is 2.35 bits per heavy atom. The van der Waals surface area contributed by atoms with Gasteiger partial charge < -0.3 is 19.9 Å². The van der Waals surface area contributed by atoms with Crippen molar-refractivity contribution >= 4 is 11.6 Å². The van der Waals surface area contributed by atoms with Gasteiger partial charge in [0, 0.05) is 43.9 Å². The number of nitrogens with one attached hydrogen (secondary N) is 1. The molecule has 2 aromatic rings. The lowest BCUT2D eigenvalue weighted by Gasteiger charge is -2.37. The number of ether oxygens (including phenoxy) is 1. The fraction of sp³-hybridized carbons (Fsp3) is 0.435. The lowest BCUT2D eigenvalue weighted by atomic mass is 9.98. The van der Waals surface area contributed by atoms with Gasteiger partial charge in [0.2, 0.25) is 0 Å². The Kier molecular flexibility index (Phi) is 6.41. The van der Waals surface area contributed by atoms with Crippen molar-refractivity contribution < 1.29 is 35.9 Å². The molecule has 1 N–H and O–H groups in total. The highest BCUT2D eigenvalue weighted by molar-refractivity contribution is 5.96. The van der Waals surface area contributed by atoms with Crippen LogP contribution < -0.4 is 15.0 Å². The minimum Gasteiger partial charge on any atom is -0.491 e. The molecule has 0 saturated carbocycles. The van der Waals surface area contributed by atoms with E-state index in [1.54, 1.807) is 6.07 Å². The molecule has 184 valence electrons. The van der Waals surface area contributed by atoms with E-state index in [1.807, 2.05) is 19.2 Å². The SMILES string of the molecule is CN1CCN(c2cccc3c2CC(NC(=O)c2ccc(C(F)(F)F)cc2C(F)(F)F)CO3)CC1. The Balaban J connectivity index is 1.55. The highest BCUT2D eigenvalue weighted by Crippen LogP contribution is 2.38. The van der Waals surface area contributed by atoms with Crippen molar-refractivity contribution in [2.45, 2.75) is 24.8 Å². The van der Waals surface area contributed by atoms with E-state index in [0.717, 1.165) is 37.4 Å². The van der Waals surface area contributed by atoms with Crippen LogP contribution in [0.5, 0.6) is 5.75 Å². The molecule has 0 bridgehead atoms. The maximum atomic E-state index is 13.5. The van der Waals surface area contributed by atoms with Crippen LogP contribution in [-0.2, 0) is 18.8 Å². The van der Waals surface area contributed by atoms with Crippen molar-refractivity contribution in [1.29, 1.82) is 0 Å². The van der Waals surface area contributed by atoms with Crippen LogP contribution in [-0.4, -0.2) is 56.7 Å². The Hall–Kier alpha value is -2.95. The first-order chi connectivity index (χ1) is 15.9. The monoisotopic (exact) mass is 487 g/mol. The summed E-state index contributed by atoms with van der Waals surface area (Å²) in [6, 6.07) is 5.96. The third-order valence-electron chi connectivity index (χ3n) is 6.07. The molecule has 0 spiro atoms. The van der Waals surface area contributed by atoms with Crippen molar-refractivity contribution in [2.24, 2.45) is 0 Å². The van der Waals surface area contributed by atoms with E-state index >= 15 is 0 Å². The van der Waals surface area contributed by atoms with Crippen molar-refractivity contribution in [3.63, 3.8) is 0 Å². The molecule has 1 amide bonds. The molecule has 0 aromatic heterocycles. The molecule has 2 aromatic carbocycles. The number of likely N-dealkylation sites (N-methyl/N-ethyl adjacent to an activating group) is 1. The second-order valence-electron chi connectivity index (χ2n) is 8.49. The first-order valence-corrected chi connectivity index (χ1v) is 10.7. The van der Waals surface area contributed by atoms with Crippen LogP contribution in [0.1, 0.15) is 27.0 Å². The summed E-state index contributed by atoms with van der Waals surface area (Å²) >= 11 is 0. The minimum absolute atomic E-state index is 0.0346. The molecular weight excluding hydrogens is 464 g/mol. The Labute approximate surface area is 192 Å². The molecule has 0 radical (unpaired) electrons. The molecule has 1 saturated heterocycles. The number of anilines is 1. The van der Waals surface area contributed by atoms with Crippen LogP contribution in [0.2, 0.25) is 0 Å². The predicted molar refractivity (Wildman–Crippen MR) is 113 cm³/mol. The van der Waals surface area contributed by atoms with Crippen LogP contribution in [0.4, 0.5) is 32.0 Å². The quantitative estimate of drug-likeness (QED) is 0.659.